The van der Waals surface area contributed by atoms with Crippen LogP contribution in [0.5, 0.6) is 0 Å². The largest absolute Gasteiger partial charge is 0.397 e. The van der Waals surface area contributed by atoms with Crippen molar-refractivity contribution >= 4 is 11.6 Å². The van der Waals surface area contributed by atoms with Gasteiger partial charge in [0.05, 0.1) is 12.3 Å². The molecule has 2 rings (SSSR count). The van der Waals surface area contributed by atoms with Crippen LogP contribution < -0.4 is 5.73 Å². The fraction of sp³-hybridized carbons (Fsp3) is 0.643. The van der Waals surface area contributed by atoms with E-state index in [0.717, 1.165) is 19.1 Å². The number of anilines is 1. The highest BCUT2D eigenvalue weighted by Crippen LogP contribution is 2.28. The Labute approximate surface area is 114 Å². The number of rotatable bonds is 7. The van der Waals surface area contributed by atoms with E-state index < -0.39 is 0 Å². The molecule has 5 nitrogen and oxygen atoms in total. The average Bonchev–Trinajstić information content (AvgIpc) is 3.14. The van der Waals surface area contributed by atoms with Crippen molar-refractivity contribution in [3.05, 3.63) is 18.0 Å². The van der Waals surface area contributed by atoms with Gasteiger partial charge in [-0.2, -0.15) is 0 Å². The second-order valence-electron chi connectivity index (χ2n) is 5.19. The highest BCUT2D eigenvalue weighted by atomic mass is 16.5. The van der Waals surface area contributed by atoms with Gasteiger partial charge >= 0.3 is 0 Å². The number of carbonyl (C=O) groups excluding carboxylic acids is 1. The summed E-state index contributed by atoms with van der Waals surface area (Å²) in [6.07, 6.45) is 4.38. The molecule has 0 spiro atoms. The number of carbonyl (C=O) groups is 1. The standard InChI is InChI=1S/C14H23N3O2/c1-3-17-9-12(15)8-13(17)14(18)16(2)6-7-19-10-11-4-5-11/h8-9,11H,3-7,10,15H2,1-2H3. The number of hydrogen-bond acceptors (Lipinski definition) is 3. The summed E-state index contributed by atoms with van der Waals surface area (Å²) in [6, 6.07) is 1.73. The number of hydrogen-bond donors (Lipinski definition) is 1. The molecule has 1 amide bonds. The van der Waals surface area contributed by atoms with Gasteiger partial charge in [0.1, 0.15) is 5.69 Å². The van der Waals surface area contributed by atoms with Gasteiger partial charge in [0.15, 0.2) is 0 Å². The van der Waals surface area contributed by atoms with E-state index >= 15 is 0 Å². The van der Waals surface area contributed by atoms with Crippen molar-refractivity contribution in [3.8, 4) is 0 Å². The third-order valence-corrected chi connectivity index (χ3v) is 3.45. The summed E-state index contributed by atoms with van der Waals surface area (Å²) in [5, 5.41) is 0. The van der Waals surface area contributed by atoms with Gasteiger partial charge in [0.25, 0.3) is 5.91 Å². The number of ether oxygens (including phenoxy) is 1. The summed E-state index contributed by atoms with van der Waals surface area (Å²) in [4.78, 5) is 14.0. The molecule has 0 radical (unpaired) electrons. The molecule has 5 heteroatoms. The van der Waals surface area contributed by atoms with E-state index in [4.69, 9.17) is 10.5 Å². The van der Waals surface area contributed by atoms with Crippen LogP contribution in [0, 0.1) is 5.92 Å². The highest BCUT2D eigenvalue weighted by molar-refractivity contribution is 5.93. The first-order valence-electron chi connectivity index (χ1n) is 6.90. The zero-order valence-corrected chi connectivity index (χ0v) is 11.8. The molecule has 1 aromatic heterocycles. The molecule has 1 aromatic rings. The Bertz CT molecular complexity index is 438. The smallest absolute Gasteiger partial charge is 0.270 e. The van der Waals surface area contributed by atoms with Crippen molar-refractivity contribution in [1.29, 1.82) is 0 Å². The van der Waals surface area contributed by atoms with Crippen LogP contribution in [0.2, 0.25) is 0 Å². The Hall–Kier alpha value is -1.49. The van der Waals surface area contributed by atoms with E-state index in [2.05, 4.69) is 0 Å². The van der Waals surface area contributed by atoms with Crippen LogP contribution in [0.4, 0.5) is 5.69 Å². The van der Waals surface area contributed by atoms with Crippen molar-refractivity contribution in [2.75, 3.05) is 32.5 Å². The van der Waals surface area contributed by atoms with Crippen molar-refractivity contribution in [2.24, 2.45) is 5.92 Å². The van der Waals surface area contributed by atoms with Gasteiger partial charge < -0.3 is 19.9 Å². The summed E-state index contributed by atoms with van der Waals surface area (Å²) in [6.45, 7) is 4.78. The maximum atomic E-state index is 12.3. The highest BCUT2D eigenvalue weighted by Gasteiger charge is 2.21. The predicted octanol–water partition coefficient (Wildman–Crippen LogP) is 1.59. The molecular weight excluding hydrogens is 242 g/mol. The fourth-order valence-corrected chi connectivity index (χ4v) is 2.01. The van der Waals surface area contributed by atoms with Gasteiger partial charge in [0, 0.05) is 32.9 Å². The van der Waals surface area contributed by atoms with Gasteiger partial charge in [0.2, 0.25) is 0 Å². The molecule has 0 aromatic carbocycles. The molecule has 19 heavy (non-hydrogen) atoms. The Kier molecular flexibility index (Phi) is 4.47. The van der Waals surface area contributed by atoms with Crippen LogP contribution in [-0.4, -0.2) is 42.2 Å². The first kappa shape index (κ1) is 13.9. The fourth-order valence-electron chi connectivity index (χ4n) is 2.01. The van der Waals surface area contributed by atoms with Crippen molar-refractivity contribution in [1.82, 2.24) is 9.47 Å². The topological polar surface area (TPSA) is 60.5 Å². The second-order valence-corrected chi connectivity index (χ2v) is 5.19. The Morgan fingerprint density at radius 1 is 1.58 bits per heavy atom. The molecule has 0 atom stereocenters. The minimum atomic E-state index is -0.00595. The lowest BCUT2D eigenvalue weighted by Crippen LogP contribution is -2.31. The van der Waals surface area contributed by atoms with Crippen LogP contribution in [0.1, 0.15) is 30.3 Å². The molecule has 1 saturated carbocycles. The monoisotopic (exact) mass is 265 g/mol. The SMILES string of the molecule is CCn1cc(N)cc1C(=O)N(C)CCOCC1CC1. The van der Waals surface area contributed by atoms with Gasteiger partial charge in [-0.25, -0.2) is 0 Å². The molecule has 1 fully saturated rings. The Morgan fingerprint density at radius 2 is 2.32 bits per heavy atom. The van der Waals surface area contributed by atoms with Crippen molar-refractivity contribution < 1.29 is 9.53 Å². The summed E-state index contributed by atoms with van der Waals surface area (Å²) < 4.78 is 7.42. The molecule has 106 valence electrons. The molecule has 0 bridgehead atoms. The van der Waals surface area contributed by atoms with Crippen molar-refractivity contribution in [3.63, 3.8) is 0 Å². The molecule has 1 aliphatic rings. The summed E-state index contributed by atoms with van der Waals surface area (Å²) >= 11 is 0. The number of nitrogen functional groups attached to an aromatic ring is 1. The average molecular weight is 265 g/mol. The van der Waals surface area contributed by atoms with E-state index in [0.29, 0.717) is 24.5 Å². The number of likely N-dealkylation sites (N-methyl/N-ethyl adjacent to an activating group) is 1. The third-order valence-electron chi connectivity index (χ3n) is 3.45. The number of nitrogens with zero attached hydrogens (tertiary/aromatic N) is 2. The predicted molar refractivity (Wildman–Crippen MR) is 75.0 cm³/mol. The van der Waals surface area contributed by atoms with Gasteiger partial charge in [-0.15, -0.1) is 0 Å². The van der Waals surface area contributed by atoms with Crippen LogP contribution in [0.25, 0.3) is 0 Å². The van der Waals surface area contributed by atoms with Crippen LogP contribution in [-0.2, 0) is 11.3 Å². The minimum absolute atomic E-state index is 0.00595. The van der Waals surface area contributed by atoms with Crippen LogP contribution in [0.15, 0.2) is 12.3 Å². The van der Waals surface area contributed by atoms with E-state index in [1.54, 1.807) is 24.2 Å². The van der Waals surface area contributed by atoms with E-state index in [1.807, 2.05) is 11.5 Å². The first-order chi connectivity index (χ1) is 9.11. The summed E-state index contributed by atoms with van der Waals surface area (Å²) in [5.74, 6) is 0.756. The van der Waals surface area contributed by atoms with E-state index in [9.17, 15) is 4.79 Å². The molecule has 0 aliphatic heterocycles. The summed E-state index contributed by atoms with van der Waals surface area (Å²) in [5.41, 5.74) is 7.01. The van der Waals surface area contributed by atoms with E-state index in [-0.39, 0.29) is 5.91 Å². The van der Waals surface area contributed by atoms with E-state index in [1.165, 1.54) is 12.8 Å². The number of aromatic nitrogens is 1. The molecule has 2 N–H and O–H groups in total. The minimum Gasteiger partial charge on any atom is -0.397 e. The van der Waals surface area contributed by atoms with Gasteiger partial charge in [-0.05, 0) is 31.7 Å². The molecule has 0 saturated heterocycles. The van der Waals surface area contributed by atoms with Gasteiger partial charge in [-0.1, -0.05) is 0 Å². The van der Waals surface area contributed by atoms with Crippen LogP contribution >= 0.6 is 0 Å². The Morgan fingerprint density at radius 3 is 2.95 bits per heavy atom. The lowest BCUT2D eigenvalue weighted by Gasteiger charge is -2.18. The number of aryl methyl sites for hydroxylation is 1. The van der Waals surface area contributed by atoms with Crippen molar-refractivity contribution in [2.45, 2.75) is 26.3 Å². The zero-order chi connectivity index (χ0) is 13.8. The molecule has 0 unspecified atom stereocenters. The van der Waals surface area contributed by atoms with Gasteiger partial charge in [-0.3, -0.25) is 4.79 Å². The quantitative estimate of drug-likeness (QED) is 0.762. The second kappa shape index (κ2) is 6.10. The number of amides is 1. The molecule has 1 heterocycles. The number of nitrogens with two attached hydrogens (primary N) is 1. The lowest BCUT2D eigenvalue weighted by atomic mass is 10.3. The third kappa shape index (κ3) is 3.73. The molecular formula is C14H23N3O2. The maximum absolute atomic E-state index is 12.3. The zero-order valence-electron chi connectivity index (χ0n) is 11.8. The maximum Gasteiger partial charge on any atom is 0.270 e. The normalized spacial score (nSPS) is 14.6. The molecule has 1 aliphatic carbocycles. The first-order valence-corrected chi connectivity index (χ1v) is 6.90. The summed E-state index contributed by atoms with van der Waals surface area (Å²) in [7, 11) is 1.80. The lowest BCUT2D eigenvalue weighted by molar-refractivity contribution is 0.0672. The Balaban J connectivity index is 1.82. The van der Waals surface area contributed by atoms with Crippen LogP contribution in [0.3, 0.4) is 0 Å².